The zero-order valence-electron chi connectivity index (χ0n) is 14.0. The number of rotatable bonds is 7. The summed E-state index contributed by atoms with van der Waals surface area (Å²) >= 11 is 6.10. The van der Waals surface area contributed by atoms with Gasteiger partial charge >= 0.3 is 8.35 Å². The van der Waals surface area contributed by atoms with E-state index in [1.807, 2.05) is 25.2 Å². The Hall–Kier alpha value is -1.54. The maximum atomic E-state index is 13.1. The highest BCUT2D eigenvalue weighted by atomic mass is 35.6. The van der Waals surface area contributed by atoms with E-state index in [4.69, 9.17) is 15.2 Å². The molecule has 0 aliphatic heterocycles. The molecule has 0 unspecified atom stereocenters. The lowest BCUT2D eigenvalue weighted by Crippen LogP contribution is -2.46. The number of Topliss-reactive ketones (excluding diaryl/α,β-unsaturated/α-hetero) is 2. The second kappa shape index (κ2) is 8.03. The summed E-state index contributed by atoms with van der Waals surface area (Å²) in [5, 5.41) is 0. The van der Waals surface area contributed by atoms with Crippen LogP contribution in [-0.4, -0.2) is 28.2 Å². The lowest BCUT2D eigenvalue weighted by Gasteiger charge is -2.31. The number of halogens is 1. The van der Waals surface area contributed by atoms with Crippen molar-refractivity contribution in [3.63, 3.8) is 0 Å². The van der Waals surface area contributed by atoms with E-state index in [2.05, 4.69) is 0 Å². The molecule has 1 radical (unpaired) electrons. The predicted octanol–water partition coefficient (Wildman–Crippen LogP) is 4.70. The highest BCUT2D eigenvalue weighted by Gasteiger charge is 2.45. The van der Waals surface area contributed by atoms with E-state index < -0.39 is 22.2 Å². The van der Waals surface area contributed by atoms with E-state index in [1.54, 1.807) is 55.1 Å². The molecule has 0 saturated heterocycles. The molecule has 125 valence electrons. The monoisotopic (exact) mass is 375 g/mol. The van der Waals surface area contributed by atoms with Crippen LogP contribution in [0.5, 0.6) is 0 Å². The summed E-state index contributed by atoms with van der Waals surface area (Å²) in [6, 6.07) is 17.8. The molecule has 0 saturated carbocycles. The molecule has 0 aromatic heterocycles. The van der Waals surface area contributed by atoms with Crippen molar-refractivity contribution in [1.82, 2.24) is 0 Å². The fourth-order valence-corrected chi connectivity index (χ4v) is 9.47. The van der Waals surface area contributed by atoms with E-state index in [-0.39, 0.29) is 11.6 Å². The number of carbonyl (C=O) groups is 2. The number of ketones is 2. The second-order valence-electron chi connectivity index (χ2n) is 6.07. The zero-order chi connectivity index (χ0) is 17.7. The van der Waals surface area contributed by atoms with Gasteiger partial charge in [0.15, 0.2) is 19.9 Å². The van der Waals surface area contributed by atoms with E-state index in [0.717, 1.165) is 0 Å². The van der Waals surface area contributed by atoms with Crippen LogP contribution in [0.15, 0.2) is 60.7 Å². The molecule has 6 heteroatoms. The summed E-state index contributed by atoms with van der Waals surface area (Å²) in [5.74, 6) is -0.387. The normalized spacial score (nSPS) is 11.8. The van der Waals surface area contributed by atoms with E-state index >= 15 is 0 Å². The molecule has 0 heterocycles. The van der Waals surface area contributed by atoms with Gasteiger partial charge in [-0.1, -0.05) is 60.7 Å². The SMILES string of the molecule is C[Si](Cl)O[Si](C)(C)C(C(=O)c1ccccc1)C(=O)c1ccccc1. The van der Waals surface area contributed by atoms with E-state index in [1.165, 1.54) is 0 Å². The summed E-state index contributed by atoms with van der Waals surface area (Å²) in [7, 11) is -4.21. The molecule has 0 aliphatic carbocycles. The number of hydrogen-bond acceptors (Lipinski definition) is 3. The Bertz CT molecular complexity index is 651. The standard InChI is InChI=1S/C18H20ClO3Si2/c1-23(19)22-24(2,3)18(16(20)14-10-6-4-7-11-14)17(21)15-12-8-5-9-13-15/h4-13,18H,1-3H3. The molecule has 3 nitrogen and oxygen atoms in total. The Morgan fingerprint density at radius 2 is 1.29 bits per heavy atom. The van der Waals surface area contributed by atoms with Gasteiger partial charge in [0.1, 0.15) is 5.54 Å². The van der Waals surface area contributed by atoms with Gasteiger partial charge in [-0.3, -0.25) is 9.59 Å². The minimum absolute atomic E-state index is 0.193. The fourth-order valence-electron chi connectivity index (χ4n) is 2.71. The number of carbonyl (C=O) groups excluding carboxylic acids is 2. The van der Waals surface area contributed by atoms with Crippen molar-refractivity contribution < 1.29 is 13.7 Å². The molecule has 2 aromatic carbocycles. The molecule has 0 N–H and O–H groups in total. The molecule has 2 rings (SSSR count). The van der Waals surface area contributed by atoms with Gasteiger partial charge in [-0.05, 0) is 19.6 Å². The Morgan fingerprint density at radius 1 is 0.917 bits per heavy atom. The molecular weight excluding hydrogens is 356 g/mol. The van der Waals surface area contributed by atoms with Crippen molar-refractivity contribution in [2.75, 3.05) is 0 Å². The van der Waals surface area contributed by atoms with Gasteiger partial charge in [-0.15, -0.1) is 11.1 Å². The third-order valence-corrected chi connectivity index (χ3v) is 9.58. The Kier molecular flexibility index (Phi) is 6.29. The molecule has 0 aliphatic rings. The van der Waals surface area contributed by atoms with E-state index in [9.17, 15) is 9.59 Å². The molecule has 2 aromatic rings. The smallest absolute Gasteiger partial charge is 0.309 e. The topological polar surface area (TPSA) is 43.4 Å². The van der Waals surface area contributed by atoms with E-state index in [0.29, 0.717) is 11.1 Å². The first-order valence-electron chi connectivity index (χ1n) is 7.69. The van der Waals surface area contributed by atoms with Gasteiger partial charge in [0.05, 0.1) is 0 Å². The Labute approximate surface area is 150 Å². The molecular formula is C18H20ClO3Si2. The van der Waals surface area contributed by atoms with Gasteiger partial charge < -0.3 is 4.12 Å². The maximum Gasteiger partial charge on any atom is 0.309 e. The molecule has 0 bridgehead atoms. The Balaban J connectivity index is 2.45. The lowest BCUT2D eigenvalue weighted by atomic mass is 10.0. The van der Waals surface area contributed by atoms with Crippen LogP contribution in [0, 0.1) is 0 Å². The summed E-state index contributed by atoms with van der Waals surface area (Å²) in [6.07, 6.45) is 0. The lowest BCUT2D eigenvalue weighted by molar-refractivity contribution is 0.0885. The quantitative estimate of drug-likeness (QED) is 0.305. The highest BCUT2D eigenvalue weighted by molar-refractivity contribution is 7.06. The van der Waals surface area contributed by atoms with Crippen molar-refractivity contribution in [3.05, 3.63) is 71.8 Å². The minimum Gasteiger partial charge on any atom is -0.443 e. The Morgan fingerprint density at radius 3 is 1.62 bits per heavy atom. The zero-order valence-corrected chi connectivity index (χ0v) is 16.7. The second-order valence-corrected chi connectivity index (χ2v) is 13.2. The van der Waals surface area contributed by atoms with Gasteiger partial charge in [-0.2, -0.15) is 0 Å². The van der Waals surface area contributed by atoms with Gasteiger partial charge in [0.2, 0.25) is 0 Å². The first-order valence-corrected chi connectivity index (χ1v) is 13.6. The van der Waals surface area contributed by atoms with Gasteiger partial charge in [0.25, 0.3) is 0 Å². The van der Waals surface area contributed by atoms with Crippen LogP contribution < -0.4 is 0 Å². The van der Waals surface area contributed by atoms with Crippen LogP contribution in [0.25, 0.3) is 0 Å². The van der Waals surface area contributed by atoms with Crippen LogP contribution in [0.1, 0.15) is 20.7 Å². The molecule has 24 heavy (non-hydrogen) atoms. The van der Waals surface area contributed by atoms with Crippen LogP contribution in [-0.2, 0) is 4.12 Å². The number of benzene rings is 2. The fraction of sp³-hybridized carbons (Fsp3) is 0.222. The predicted molar refractivity (Wildman–Crippen MR) is 101 cm³/mol. The summed E-state index contributed by atoms with van der Waals surface area (Å²) < 4.78 is 5.95. The third kappa shape index (κ3) is 4.51. The average Bonchev–Trinajstić information content (AvgIpc) is 2.55. The van der Waals surface area contributed by atoms with Crippen LogP contribution >= 0.6 is 11.1 Å². The molecule has 0 spiro atoms. The van der Waals surface area contributed by atoms with Crippen molar-refractivity contribution in [1.29, 1.82) is 0 Å². The summed E-state index contributed by atoms with van der Waals surface area (Å²) in [5.41, 5.74) is 0.229. The van der Waals surface area contributed by atoms with Crippen molar-refractivity contribution in [2.24, 2.45) is 0 Å². The third-order valence-electron chi connectivity index (χ3n) is 3.74. The van der Waals surface area contributed by atoms with Gasteiger partial charge in [0, 0.05) is 11.1 Å². The first kappa shape index (κ1) is 18.8. The highest BCUT2D eigenvalue weighted by Crippen LogP contribution is 2.32. The van der Waals surface area contributed by atoms with Crippen LogP contribution in [0.3, 0.4) is 0 Å². The summed E-state index contributed by atoms with van der Waals surface area (Å²) in [4.78, 5) is 26.2. The van der Waals surface area contributed by atoms with Crippen LogP contribution in [0.4, 0.5) is 0 Å². The number of hydrogen-bond donors (Lipinski definition) is 0. The largest absolute Gasteiger partial charge is 0.443 e. The van der Waals surface area contributed by atoms with Crippen molar-refractivity contribution in [2.45, 2.75) is 25.2 Å². The minimum atomic E-state index is -2.67. The average molecular weight is 376 g/mol. The van der Waals surface area contributed by atoms with Gasteiger partial charge in [-0.25, -0.2) is 0 Å². The molecule has 0 fully saturated rings. The van der Waals surface area contributed by atoms with Crippen molar-refractivity contribution in [3.8, 4) is 0 Å². The van der Waals surface area contributed by atoms with Crippen LogP contribution in [0.2, 0.25) is 25.2 Å². The molecule has 0 amide bonds. The summed E-state index contributed by atoms with van der Waals surface area (Å²) in [6.45, 7) is 5.57. The maximum absolute atomic E-state index is 13.1. The first-order chi connectivity index (χ1) is 11.3. The van der Waals surface area contributed by atoms with Crippen molar-refractivity contribution >= 4 is 39.3 Å². The molecule has 0 atom stereocenters.